The molecule has 0 bridgehead atoms. The van der Waals surface area contributed by atoms with Crippen LogP contribution in [-0.2, 0) is 11.3 Å². The Balaban J connectivity index is 1.97. The number of pyridine rings is 1. The monoisotopic (exact) mass is 300 g/mol. The van der Waals surface area contributed by atoms with Gasteiger partial charge in [0.25, 0.3) is 0 Å². The van der Waals surface area contributed by atoms with Crippen LogP contribution in [0.3, 0.4) is 0 Å². The van der Waals surface area contributed by atoms with Gasteiger partial charge in [-0.05, 0) is 37.1 Å². The first-order chi connectivity index (χ1) is 10.1. The number of hydrogen-bond donors (Lipinski definition) is 0. The van der Waals surface area contributed by atoms with Crippen LogP contribution in [0.4, 0.5) is 0 Å². The largest absolute Gasteiger partial charge is 0.340 e. The standard InChI is InChI=1S/C17H20N2OS/c1-13-6-4-5-7-15(13)12-19(3)17(20)14(2)21-16-8-10-18-11-9-16/h4-11,14H,12H2,1-3H3. The molecule has 0 N–H and O–H groups in total. The highest BCUT2D eigenvalue weighted by Gasteiger charge is 2.19. The Hall–Kier alpha value is -1.81. The molecule has 0 aliphatic carbocycles. The van der Waals surface area contributed by atoms with Crippen LogP contribution in [0, 0.1) is 6.92 Å². The third-order valence-corrected chi connectivity index (χ3v) is 4.45. The highest BCUT2D eigenvalue weighted by Crippen LogP contribution is 2.24. The third-order valence-electron chi connectivity index (χ3n) is 3.36. The SMILES string of the molecule is Cc1ccccc1CN(C)C(=O)C(C)Sc1ccncc1. The molecule has 21 heavy (non-hydrogen) atoms. The number of thioether (sulfide) groups is 1. The van der Waals surface area contributed by atoms with Crippen molar-refractivity contribution in [1.82, 2.24) is 9.88 Å². The average molecular weight is 300 g/mol. The number of carbonyl (C=O) groups is 1. The van der Waals surface area contributed by atoms with Crippen LogP contribution in [-0.4, -0.2) is 28.1 Å². The molecule has 1 aromatic carbocycles. The van der Waals surface area contributed by atoms with Crippen LogP contribution < -0.4 is 0 Å². The van der Waals surface area contributed by atoms with Crippen molar-refractivity contribution in [1.29, 1.82) is 0 Å². The Bertz CT molecular complexity index is 601. The second-order valence-electron chi connectivity index (χ2n) is 5.06. The molecule has 0 saturated carbocycles. The molecule has 0 spiro atoms. The zero-order valence-corrected chi connectivity index (χ0v) is 13.4. The molecule has 0 radical (unpaired) electrons. The van der Waals surface area contributed by atoms with E-state index in [1.165, 1.54) is 11.1 Å². The molecule has 0 fully saturated rings. The lowest BCUT2D eigenvalue weighted by Crippen LogP contribution is -2.32. The fourth-order valence-corrected chi connectivity index (χ4v) is 3.07. The molecular formula is C17H20N2OS. The predicted octanol–water partition coefficient (Wildman–Crippen LogP) is 3.53. The van der Waals surface area contributed by atoms with E-state index in [1.807, 2.05) is 38.2 Å². The first kappa shape index (κ1) is 15.6. The molecule has 0 aliphatic heterocycles. The molecule has 0 aliphatic rings. The van der Waals surface area contributed by atoms with E-state index in [1.54, 1.807) is 29.1 Å². The third kappa shape index (κ3) is 4.33. The molecule has 1 atom stereocenters. The zero-order valence-electron chi connectivity index (χ0n) is 12.6. The van der Waals surface area contributed by atoms with Crippen molar-refractivity contribution in [2.75, 3.05) is 7.05 Å². The minimum atomic E-state index is -0.110. The van der Waals surface area contributed by atoms with E-state index in [4.69, 9.17) is 0 Å². The second kappa shape index (κ2) is 7.27. The van der Waals surface area contributed by atoms with Gasteiger partial charge in [0.2, 0.25) is 5.91 Å². The van der Waals surface area contributed by atoms with Gasteiger partial charge in [0.15, 0.2) is 0 Å². The molecule has 1 unspecified atom stereocenters. The lowest BCUT2D eigenvalue weighted by atomic mass is 10.1. The van der Waals surface area contributed by atoms with Crippen LogP contribution in [0.15, 0.2) is 53.7 Å². The molecule has 3 nitrogen and oxygen atoms in total. The summed E-state index contributed by atoms with van der Waals surface area (Å²) in [7, 11) is 1.86. The van der Waals surface area contributed by atoms with E-state index in [9.17, 15) is 4.79 Å². The van der Waals surface area contributed by atoms with Gasteiger partial charge in [0.05, 0.1) is 5.25 Å². The Labute approximate surface area is 130 Å². The number of aryl methyl sites for hydroxylation is 1. The summed E-state index contributed by atoms with van der Waals surface area (Å²) in [6.07, 6.45) is 3.49. The number of benzene rings is 1. The highest BCUT2D eigenvalue weighted by molar-refractivity contribution is 8.00. The van der Waals surface area contributed by atoms with E-state index in [2.05, 4.69) is 24.0 Å². The summed E-state index contributed by atoms with van der Waals surface area (Å²) in [5, 5.41) is -0.110. The molecule has 0 saturated heterocycles. The smallest absolute Gasteiger partial charge is 0.235 e. The number of amides is 1. The Morgan fingerprint density at radius 3 is 2.57 bits per heavy atom. The van der Waals surface area contributed by atoms with Crippen LogP contribution in [0.25, 0.3) is 0 Å². The van der Waals surface area contributed by atoms with E-state index >= 15 is 0 Å². The average Bonchev–Trinajstić information content (AvgIpc) is 2.49. The maximum atomic E-state index is 12.5. The lowest BCUT2D eigenvalue weighted by Gasteiger charge is -2.22. The predicted molar refractivity (Wildman–Crippen MR) is 87.2 cm³/mol. The minimum Gasteiger partial charge on any atom is -0.340 e. The molecule has 1 amide bonds. The number of carbonyl (C=O) groups excluding carboxylic acids is 1. The summed E-state index contributed by atoms with van der Waals surface area (Å²) >= 11 is 1.56. The topological polar surface area (TPSA) is 33.2 Å². The summed E-state index contributed by atoms with van der Waals surface area (Å²) in [4.78, 5) is 19.3. The van der Waals surface area contributed by atoms with E-state index in [0.717, 1.165) is 4.90 Å². The van der Waals surface area contributed by atoms with E-state index < -0.39 is 0 Å². The van der Waals surface area contributed by atoms with Gasteiger partial charge < -0.3 is 4.90 Å². The van der Waals surface area contributed by atoms with Gasteiger partial charge in [0, 0.05) is 30.9 Å². The molecule has 1 heterocycles. The fraction of sp³-hybridized carbons (Fsp3) is 0.294. The highest BCUT2D eigenvalue weighted by atomic mass is 32.2. The fourth-order valence-electron chi connectivity index (χ4n) is 2.10. The van der Waals surface area contributed by atoms with Gasteiger partial charge in [-0.15, -0.1) is 11.8 Å². The van der Waals surface area contributed by atoms with Crippen LogP contribution >= 0.6 is 11.8 Å². The zero-order chi connectivity index (χ0) is 15.2. The minimum absolute atomic E-state index is 0.110. The van der Waals surface area contributed by atoms with E-state index in [-0.39, 0.29) is 11.2 Å². The van der Waals surface area contributed by atoms with Gasteiger partial charge in [-0.3, -0.25) is 9.78 Å². The Morgan fingerprint density at radius 2 is 1.90 bits per heavy atom. The summed E-state index contributed by atoms with van der Waals surface area (Å²) < 4.78 is 0. The quantitative estimate of drug-likeness (QED) is 0.792. The number of aromatic nitrogens is 1. The van der Waals surface area contributed by atoms with E-state index in [0.29, 0.717) is 6.54 Å². The maximum Gasteiger partial charge on any atom is 0.235 e. The molecule has 2 aromatic rings. The van der Waals surface area contributed by atoms with Gasteiger partial charge in [-0.1, -0.05) is 24.3 Å². The van der Waals surface area contributed by atoms with Crippen molar-refractivity contribution in [3.05, 3.63) is 59.9 Å². The van der Waals surface area contributed by atoms with Crippen molar-refractivity contribution in [3.8, 4) is 0 Å². The molecule has 2 rings (SSSR count). The molecular weight excluding hydrogens is 280 g/mol. The molecule has 110 valence electrons. The van der Waals surface area contributed by atoms with Crippen molar-refractivity contribution in [2.24, 2.45) is 0 Å². The summed E-state index contributed by atoms with van der Waals surface area (Å²) in [5.74, 6) is 0.139. The number of hydrogen-bond acceptors (Lipinski definition) is 3. The lowest BCUT2D eigenvalue weighted by molar-refractivity contribution is -0.129. The summed E-state index contributed by atoms with van der Waals surface area (Å²) in [6, 6.07) is 12.0. The number of nitrogens with zero attached hydrogens (tertiary/aromatic N) is 2. The van der Waals surface area contributed by atoms with Crippen molar-refractivity contribution in [3.63, 3.8) is 0 Å². The van der Waals surface area contributed by atoms with Crippen LogP contribution in [0.5, 0.6) is 0 Å². The Kier molecular flexibility index (Phi) is 5.39. The van der Waals surface area contributed by atoms with Crippen LogP contribution in [0.1, 0.15) is 18.1 Å². The molecule has 4 heteroatoms. The normalized spacial score (nSPS) is 12.0. The van der Waals surface area contributed by atoms with Gasteiger partial charge >= 0.3 is 0 Å². The van der Waals surface area contributed by atoms with Crippen molar-refractivity contribution < 1.29 is 4.79 Å². The van der Waals surface area contributed by atoms with Crippen molar-refractivity contribution in [2.45, 2.75) is 30.5 Å². The first-order valence-corrected chi connectivity index (χ1v) is 7.82. The number of rotatable bonds is 5. The summed E-state index contributed by atoms with van der Waals surface area (Å²) in [5.41, 5.74) is 2.40. The second-order valence-corrected chi connectivity index (χ2v) is 6.48. The van der Waals surface area contributed by atoms with Gasteiger partial charge in [0.1, 0.15) is 0 Å². The Morgan fingerprint density at radius 1 is 1.24 bits per heavy atom. The van der Waals surface area contributed by atoms with Crippen molar-refractivity contribution >= 4 is 17.7 Å². The first-order valence-electron chi connectivity index (χ1n) is 6.94. The maximum absolute atomic E-state index is 12.5. The molecule has 1 aromatic heterocycles. The van der Waals surface area contributed by atoms with Gasteiger partial charge in [-0.2, -0.15) is 0 Å². The van der Waals surface area contributed by atoms with Crippen LogP contribution in [0.2, 0.25) is 0 Å². The summed E-state index contributed by atoms with van der Waals surface area (Å²) in [6.45, 7) is 4.66. The van der Waals surface area contributed by atoms with Gasteiger partial charge in [-0.25, -0.2) is 0 Å².